The summed E-state index contributed by atoms with van der Waals surface area (Å²) in [5.41, 5.74) is 2.10. The smallest absolute Gasteiger partial charge is 0.0711 e. The molecule has 138 valence electrons. The maximum atomic E-state index is 10.5. The molecule has 5 nitrogen and oxygen atoms in total. The van der Waals surface area contributed by atoms with Gasteiger partial charge in [-0.1, -0.05) is 23.7 Å². The monoisotopic (exact) mass is 372 g/mol. The first-order chi connectivity index (χ1) is 12.7. The van der Waals surface area contributed by atoms with E-state index >= 15 is 0 Å². The minimum Gasteiger partial charge on any atom is -0.391 e. The number of aliphatic hydroxyl groups excluding tert-OH is 1. The molecule has 0 amide bonds. The Bertz CT molecular complexity index is 721. The zero-order valence-corrected chi connectivity index (χ0v) is 15.6. The molecule has 26 heavy (non-hydrogen) atoms. The Hall–Kier alpha value is -1.69. The van der Waals surface area contributed by atoms with Crippen LogP contribution < -0.4 is 4.90 Å². The third-order valence-electron chi connectivity index (χ3n) is 5.70. The van der Waals surface area contributed by atoms with Crippen LogP contribution in [0.3, 0.4) is 0 Å². The summed E-state index contributed by atoms with van der Waals surface area (Å²) in [5, 5.41) is 11.3. The number of likely N-dealkylation sites (tertiary alicyclic amines) is 1. The number of piperidine rings is 1. The van der Waals surface area contributed by atoms with Crippen molar-refractivity contribution < 1.29 is 5.11 Å². The number of hydrogen-bond acceptors (Lipinski definition) is 5. The lowest BCUT2D eigenvalue weighted by atomic mass is 10.00. The number of hydrogen-bond donors (Lipinski definition) is 1. The summed E-state index contributed by atoms with van der Waals surface area (Å²) < 4.78 is 0. The third-order valence-corrected chi connectivity index (χ3v) is 6.02. The van der Waals surface area contributed by atoms with Gasteiger partial charge in [-0.25, -0.2) is 0 Å². The normalized spacial score (nSPS) is 24.9. The molecular weight excluding hydrogens is 348 g/mol. The molecule has 2 saturated heterocycles. The number of anilines is 1. The second-order valence-electron chi connectivity index (χ2n) is 7.35. The van der Waals surface area contributed by atoms with Gasteiger partial charge in [-0.2, -0.15) is 0 Å². The highest BCUT2D eigenvalue weighted by atomic mass is 35.5. The highest BCUT2D eigenvalue weighted by Gasteiger charge is 2.36. The molecule has 2 fully saturated rings. The van der Waals surface area contributed by atoms with Crippen LogP contribution >= 0.6 is 11.6 Å². The molecule has 1 aromatic carbocycles. The largest absolute Gasteiger partial charge is 0.391 e. The molecule has 2 aromatic rings. The van der Waals surface area contributed by atoms with E-state index in [1.54, 1.807) is 18.6 Å². The van der Waals surface area contributed by atoms with Crippen LogP contribution in [0.5, 0.6) is 0 Å². The summed E-state index contributed by atoms with van der Waals surface area (Å²) in [7, 11) is 0. The van der Waals surface area contributed by atoms with E-state index in [1.165, 1.54) is 0 Å². The van der Waals surface area contributed by atoms with Crippen molar-refractivity contribution in [2.24, 2.45) is 5.92 Å². The number of aromatic nitrogens is 2. The zero-order chi connectivity index (χ0) is 17.9. The van der Waals surface area contributed by atoms with Gasteiger partial charge in [-0.05, 0) is 31.4 Å². The lowest BCUT2D eigenvalue weighted by Crippen LogP contribution is -2.44. The number of rotatable bonds is 4. The van der Waals surface area contributed by atoms with Crippen LogP contribution in [0.4, 0.5) is 5.69 Å². The van der Waals surface area contributed by atoms with Gasteiger partial charge in [-0.3, -0.25) is 14.9 Å². The topological polar surface area (TPSA) is 52.5 Å². The third kappa shape index (κ3) is 3.85. The highest BCUT2D eigenvalue weighted by molar-refractivity contribution is 6.33. The number of para-hydroxylation sites is 1. The lowest BCUT2D eigenvalue weighted by Gasteiger charge is -2.38. The first-order valence-electron chi connectivity index (χ1n) is 9.37. The van der Waals surface area contributed by atoms with Crippen molar-refractivity contribution >= 4 is 17.3 Å². The average molecular weight is 373 g/mol. The number of β-amino-alcohol motifs (C(OH)–C–C–N with tert-alkyl or cyclic N) is 1. The number of halogens is 1. The van der Waals surface area contributed by atoms with Gasteiger partial charge in [0.2, 0.25) is 0 Å². The Morgan fingerprint density at radius 3 is 2.65 bits per heavy atom. The van der Waals surface area contributed by atoms with Crippen LogP contribution in [0.2, 0.25) is 5.02 Å². The van der Waals surface area contributed by atoms with Gasteiger partial charge in [0.05, 0.1) is 22.5 Å². The van der Waals surface area contributed by atoms with Crippen molar-refractivity contribution in [2.75, 3.05) is 31.1 Å². The summed E-state index contributed by atoms with van der Waals surface area (Å²) >= 11 is 6.34. The van der Waals surface area contributed by atoms with Gasteiger partial charge in [0.1, 0.15) is 0 Å². The van der Waals surface area contributed by atoms with E-state index in [9.17, 15) is 5.11 Å². The number of nitrogens with zero attached hydrogens (tertiary/aromatic N) is 4. The van der Waals surface area contributed by atoms with Gasteiger partial charge in [-0.15, -0.1) is 0 Å². The molecule has 0 bridgehead atoms. The lowest BCUT2D eigenvalue weighted by molar-refractivity contribution is 0.131. The van der Waals surface area contributed by atoms with E-state index < -0.39 is 0 Å². The molecule has 6 heteroatoms. The van der Waals surface area contributed by atoms with Crippen molar-refractivity contribution in [3.05, 3.63) is 53.6 Å². The maximum Gasteiger partial charge on any atom is 0.0711 e. The fourth-order valence-corrected chi connectivity index (χ4v) is 4.52. The standard InChI is InChI=1S/C20H25ClN4O/c21-18-3-1-2-4-19(18)24-9-5-17(6-10-24)25-13-15(20(26)14-25)11-16-12-22-7-8-23-16/h1-4,7-8,12,15,17,20,26H,5-6,9-11,13-14H2/t15-,20-/m1/s1. The van der Waals surface area contributed by atoms with E-state index in [0.717, 1.165) is 61.8 Å². The van der Waals surface area contributed by atoms with E-state index in [4.69, 9.17) is 11.6 Å². The quantitative estimate of drug-likeness (QED) is 0.894. The molecule has 1 aromatic heterocycles. The fourth-order valence-electron chi connectivity index (χ4n) is 4.27. The van der Waals surface area contributed by atoms with Crippen molar-refractivity contribution in [3.8, 4) is 0 Å². The molecule has 2 aliphatic rings. The fraction of sp³-hybridized carbons (Fsp3) is 0.500. The Kier molecular flexibility index (Phi) is 5.38. The van der Waals surface area contributed by atoms with Crippen LogP contribution in [0, 0.1) is 5.92 Å². The van der Waals surface area contributed by atoms with E-state index in [0.29, 0.717) is 6.04 Å². The van der Waals surface area contributed by atoms with Gasteiger partial charge in [0.15, 0.2) is 0 Å². The molecule has 0 radical (unpaired) electrons. The van der Waals surface area contributed by atoms with E-state index in [2.05, 4.69) is 25.8 Å². The van der Waals surface area contributed by atoms with E-state index in [-0.39, 0.29) is 12.0 Å². The predicted molar refractivity (Wildman–Crippen MR) is 103 cm³/mol. The average Bonchev–Trinajstić information content (AvgIpc) is 3.04. The summed E-state index contributed by atoms with van der Waals surface area (Å²) in [4.78, 5) is 13.3. The molecule has 1 N–H and O–H groups in total. The van der Waals surface area contributed by atoms with Gasteiger partial charge < -0.3 is 10.0 Å². The van der Waals surface area contributed by atoms with Crippen LogP contribution in [0.15, 0.2) is 42.9 Å². The molecular formula is C20H25ClN4O. The predicted octanol–water partition coefficient (Wildman–Crippen LogP) is 2.63. The summed E-state index contributed by atoms with van der Waals surface area (Å²) in [6.07, 6.45) is 7.94. The molecule has 2 atom stereocenters. The highest BCUT2D eigenvalue weighted by Crippen LogP contribution is 2.31. The Morgan fingerprint density at radius 2 is 1.92 bits per heavy atom. The van der Waals surface area contributed by atoms with Crippen molar-refractivity contribution in [1.82, 2.24) is 14.9 Å². The van der Waals surface area contributed by atoms with Crippen molar-refractivity contribution in [2.45, 2.75) is 31.4 Å². The number of benzene rings is 1. The molecule has 4 rings (SSSR count). The molecule has 0 saturated carbocycles. The second-order valence-corrected chi connectivity index (χ2v) is 7.76. The maximum absolute atomic E-state index is 10.5. The van der Waals surface area contributed by atoms with Crippen LogP contribution in [-0.2, 0) is 6.42 Å². The first-order valence-corrected chi connectivity index (χ1v) is 9.75. The Labute approximate surface area is 159 Å². The first kappa shape index (κ1) is 17.7. The van der Waals surface area contributed by atoms with Gasteiger partial charge in [0.25, 0.3) is 0 Å². The van der Waals surface area contributed by atoms with Crippen molar-refractivity contribution in [3.63, 3.8) is 0 Å². The van der Waals surface area contributed by atoms with E-state index in [1.807, 2.05) is 18.2 Å². The minimum absolute atomic E-state index is 0.244. The Morgan fingerprint density at radius 1 is 1.12 bits per heavy atom. The minimum atomic E-state index is -0.279. The second kappa shape index (κ2) is 7.91. The van der Waals surface area contributed by atoms with Crippen molar-refractivity contribution in [1.29, 1.82) is 0 Å². The van der Waals surface area contributed by atoms with Gasteiger partial charge in [0, 0.05) is 56.7 Å². The van der Waals surface area contributed by atoms with Gasteiger partial charge >= 0.3 is 0 Å². The molecule has 3 heterocycles. The van der Waals surface area contributed by atoms with Crippen LogP contribution in [-0.4, -0.2) is 58.3 Å². The summed E-state index contributed by atoms with van der Waals surface area (Å²) in [5.74, 6) is 0.244. The number of aliphatic hydroxyl groups is 1. The summed E-state index contributed by atoms with van der Waals surface area (Å²) in [6.45, 7) is 3.72. The molecule has 2 aliphatic heterocycles. The molecule has 0 aliphatic carbocycles. The summed E-state index contributed by atoms with van der Waals surface area (Å²) in [6, 6.07) is 8.61. The molecule has 0 spiro atoms. The SMILES string of the molecule is O[C@@H]1CN(C2CCN(c3ccccc3Cl)CC2)C[C@H]1Cc1cnccn1. The van der Waals surface area contributed by atoms with Crippen LogP contribution in [0.1, 0.15) is 18.5 Å². The van der Waals surface area contributed by atoms with Crippen LogP contribution in [0.25, 0.3) is 0 Å². The molecule has 0 unspecified atom stereocenters. The Balaban J connectivity index is 1.33. The zero-order valence-electron chi connectivity index (χ0n) is 14.8.